The molecule has 0 radical (unpaired) electrons. The predicted octanol–water partition coefficient (Wildman–Crippen LogP) is 3.42. The van der Waals surface area contributed by atoms with Gasteiger partial charge in [0.15, 0.2) is 0 Å². The van der Waals surface area contributed by atoms with Crippen molar-refractivity contribution in [3.05, 3.63) is 64.2 Å². The van der Waals surface area contributed by atoms with E-state index in [2.05, 4.69) is 0 Å². The SMILES string of the molecule is N#Cc1ccc(COc2cccc(CC(=O)O)c2)c(Cl)c1. The number of hydrogen-bond acceptors (Lipinski definition) is 3. The van der Waals surface area contributed by atoms with Crippen molar-refractivity contribution < 1.29 is 14.6 Å². The molecule has 106 valence electrons. The Morgan fingerprint density at radius 3 is 2.76 bits per heavy atom. The molecule has 21 heavy (non-hydrogen) atoms. The summed E-state index contributed by atoms with van der Waals surface area (Å²) in [6.07, 6.45) is -0.0468. The first-order valence-corrected chi connectivity index (χ1v) is 6.58. The van der Waals surface area contributed by atoms with Crippen LogP contribution in [0.15, 0.2) is 42.5 Å². The summed E-state index contributed by atoms with van der Waals surface area (Å²) in [4.78, 5) is 10.7. The van der Waals surface area contributed by atoms with E-state index in [0.717, 1.165) is 5.56 Å². The van der Waals surface area contributed by atoms with Crippen LogP contribution >= 0.6 is 11.6 Å². The molecule has 0 unspecified atom stereocenters. The summed E-state index contributed by atoms with van der Waals surface area (Å²) in [6, 6.07) is 13.9. The van der Waals surface area contributed by atoms with Crippen molar-refractivity contribution in [1.82, 2.24) is 0 Å². The van der Waals surface area contributed by atoms with Gasteiger partial charge in [0.05, 0.1) is 18.1 Å². The average molecular weight is 302 g/mol. The van der Waals surface area contributed by atoms with Crippen LogP contribution in [0.5, 0.6) is 5.75 Å². The monoisotopic (exact) mass is 301 g/mol. The van der Waals surface area contributed by atoms with Crippen molar-refractivity contribution in [1.29, 1.82) is 5.26 Å². The number of nitriles is 1. The summed E-state index contributed by atoms with van der Waals surface area (Å²) in [6.45, 7) is 0.251. The second-order valence-corrected chi connectivity index (χ2v) is 4.83. The summed E-state index contributed by atoms with van der Waals surface area (Å²) in [5, 5.41) is 18.0. The van der Waals surface area contributed by atoms with E-state index in [9.17, 15) is 4.79 Å². The topological polar surface area (TPSA) is 70.3 Å². The molecule has 0 saturated heterocycles. The second-order valence-electron chi connectivity index (χ2n) is 4.42. The van der Waals surface area contributed by atoms with Crippen LogP contribution in [0.1, 0.15) is 16.7 Å². The molecular weight excluding hydrogens is 290 g/mol. The fraction of sp³-hybridized carbons (Fsp3) is 0.125. The Kier molecular flexibility index (Phi) is 4.81. The van der Waals surface area contributed by atoms with Crippen LogP contribution in [0.2, 0.25) is 5.02 Å². The van der Waals surface area contributed by atoms with Gasteiger partial charge in [0.2, 0.25) is 0 Å². The highest BCUT2D eigenvalue weighted by Crippen LogP contribution is 2.21. The number of carboxylic acid groups (broad SMARTS) is 1. The Labute approximate surface area is 127 Å². The van der Waals surface area contributed by atoms with Crippen LogP contribution < -0.4 is 4.74 Å². The molecule has 0 aliphatic rings. The van der Waals surface area contributed by atoms with Gasteiger partial charge in [0, 0.05) is 10.6 Å². The molecule has 4 nitrogen and oxygen atoms in total. The molecule has 0 atom stereocenters. The maximum atomic E-state index is 10.7. The predicted molar refractivity (Wildman–Crippen MR) is 78.3 cm³/mol. The second kappa shape index (κ2) is 6.78. The number of hydrogen-bond donors (Lipinski definition) is 1. The molecule has 5 heteroatoms. The van der Waals surface area contributed by atoms with Crippen molar-refractivity contribution in [3.63, 3.8) is 0 Å². The van der Waals surface area contributed by atoms with Crippen molar-refractivity contribution in [2.24, 2.45) is 0 Å². The van der Waals surface area contributed by atoms with Crippen LogP contribution in [-0.2, 0) is 17.8 Å². The fourth-order valence-electron chi connectivity index (χ4n) is 1.81. The quantitative estimate of drug-likeness (QED) is 0.918. The minimum absolute atomic E-state index is 0.0468. The number of ether oxygens (including phenoxy) is 1. The molecule has 0 saturated carbocycles. The molecule has 2 rings (SSSR count). The standard InChI is InChI=1S/C16H12ClNO3/c17-15-7-12(9-18)4-5-13(15)10-21-14-3-1-2-11(6-14)8-16(19)20/h1-7H,8,10H2,(H,19,20). The number of carbonyl (C=O) groups is 1. The third-order valence-corrected chi connectivity index (χ3v) is 3.18. The van der Waals surface area contributed by atoms with Crippen LogP contribution in [0, 0.1) is 11.3 Å². The Bertz CT molecular complexity index is 707. The van der Waals surface area contributed by atoms with Gasteiger partial charge in [-0.3, -0.25) is 4.79 Å². The molecular formula is C16H12ClNO3. The first-order chi connectivity index (χ1) is 10.1. The summed E-state index contributed by atoms with van der Waals surface area (Å²) < 4.78 is 5.61. The lowest BCUT2D eigenvalue weighted by Crippen LogP contribution is -2.01. The van der Waals surface area contributed by atoms with E-state index in [1.807, 2.05) is 6.07 Å². The maximum Gasteiger partial charge on any atom is 0.307 e. The van der Waals surface area contributed by atoms with Gasteiger partial charge in [-0.1, -0.05) is 29.8 Å². The number of nitrogens with zero attached hydrogens (tertiary/aromatic N) is 1. The third kappa shape index (κ3) is 4.23. The first kappa shape index (κ1) is 14.9. The minimum Gasteiger partial charge on any atom is -0.489 e. The molecule has 0 bridgehead atoms. The van der Waals surface area contributed by atoms with E-state index in [1.54, 1.807) is 42.5 Å². The molecule has 2 aromatic rings. The largest absolute Gasteiger partial charge is 0.489 e. The van der Waals surface area contributed by atoms with Crippen molar-refractivity contribution in [3.8, 4) is 11.8 Å². The van der Waals surface area contributed by atoms with Gasteiger partial charge in [-0.15, -0.1) is 0 Å². The molecule has 0 aromatic heterocycles. The van der Waals surface area contributed by atoms with Gasteiger partial charge < -0.3 is 9.84 Å². The van der Waals surface area contributed by atoms with E-state index in [1.165, 1.54) is 0 Å². The maximum absolute atomic E-state index is 10.7. The summed E-state index contributed by atoms with van der Waals surface area (Å²) >= 11 is 6.07. The number of aliphatic carboxylic acids is 1. The van der Waals surface area contributed by atoms with E-state index in [-0.39, 0.29) is 13.0 Å². The third-order valence-electron chi connectivity index (χ3n) is 2.83. The van der Waals surface area contributed by atoms with E-state index in [0.29, 0.717) is 21.9 Å². The van der Waals surface area contributed by atoms with Crippen LogP contribution in [-0.4, -0.2) is 11.1 Å². The molecule has 0 aliphatic heterocycles. The highest BCUT2D eigenvalue weighted by molar-refractivity contribution is 6.31. The van der Waals surface area contributed by atoms with Crippen molar-refractivity contribution >= 4 is 17.6 Å². The van der Waals surface area contributed by atoms with E-state index < -0.39 is 5.97 Å². The minimum atomic E-state index is -0.887. The molecule has 0 spiro atoms. The summed E-state index contributed by atoms with van der Waals surface area (Å²) in [5.74, 6) is -0.309. The Morgan fingerprint density at radius 2 is 2.10 bits per heavy atom. The van der Waals surface area contributed by atoms with E-state index >= 15 is 0 Å². The van der Waals surface area contributed by atoms with Crippen LogP contribution in [0.4, 0.5) is 0 Å². The summed E-state index contributed by atoms with van der Waals surface area (Å²) in [5.41, 5.74) is 1.93. The van der Waals surface area contributed by atoms with Gasteiger partial charge >= 0.3 is 5.97 Å². The van der Waals surface area contributed by atoms with Crippen LogP contribution in [0.3, 0.4) is 0 Å². The Hall–Kier alpha value is -2.51. The molecule has 0 heterocycles. The zero-order chi connectivity index (χ0) is 15.2. The molecule has 0 amide bonds. The Balaban J connectivity index is 2.06. The van der Waals surface area contributed by atoms with Gasteiger partial charge in [0.1, 0.15) is 12.4 Å². The smallest absolute Gasteiger partial charge is 0.307 e. The molecule has 0 aliphatic carbocycles. The highest BCUT2D eigenvalue weighted by Gasteiger charge is 2.05. The lowest BCUT2D eigenvalue weighted by atomic mass is 10.1. The van der Waals surface area contributed by atoms with Gasteiger partial charge in [-0.25, -0.2) is 0 Å². The van der Waals surface area contributed by atoms with Gasteiger partial charge in [-0.05, 0) is 29.8 Å². The highest BCUT2D eigenvalue weighted by atomic mass is 35.5. The number of halogens is 1. The van der Waals surface area contributed by atoms with Crippen molar-refractivity contribution in [2.45, 2.75) is 13.0 Å². The Morgan fingerprint density at radius 1 is 1.29 bits per heavy atom. The number of rotatable bonds is 5. The molecule has 2 aromatic carbocycles. The zero-order valence-corrected chi connectivity index (χ0v) is 11.8. The normalized spacial score (nSPS) is 9.90. The zero-order valence-electron chi connectivity index (χ0n) is 11.0. The first-order valence-electron chi connectivity index (χ1n) is 6.20. The lowest BCUT2D eigenvalue weighted by molar-refractivity contribution is -0.136. The summed E-state index contributed by atoms with van der Waals surface area (Å²) in [7, 11) is 0. The average Bonchev–Trinajstić information content (AvgIpc) is 2.45. The molecule has 1 N–H and O–H groups in total. The fourth-order valence-corrected chi connectivity index (χ4v) is 2.05. The molecule has 0 fully saturated rings. The van der Waals surface area contributed by atoms with Crippen LogP contribution in [0.25, 0.3) is 0 Å². The van der Waals surface area contributed by atoms with Gasteiger partial charge in [0.25, 0.3) is 0 Å². The van der Waals surface area contributed by atoms with Gasteiger partial charge in [-0.2, -0.15) is 5.26 Å². The van der Waals surface area contributed by atoms with E-state index in [4.69, 9.17) is 26.7 Å². The number of benzene rings is 2. The lowest BCUT2D eigenvalue weighted by Gasteiger charge is -2.09. The van der Waals surface area contributed by atoms with Crippen molar-refractivity contribution in [2.75, 3.05) is 0 Å². The number of carboxylic acids is 1.